The lowest BCUT2D eigenvalue weighted by atomic mass is 9.75. The van der Waals surface area contributed by atoms with E-state index >= 15 is 0 Å². The molecule has 0 amide bonds. The van der Waals surface area contributed by atoms with E-state index in [9.17, 15) is 0 Å². The zero-order valence-electron chi connectivity index (χ0n) is 9.71. The van der Waals surface area contributed by atoms with E-state index in [4.69, 9.17) is 0 Å². The maximum Gasteiger partial charge on any atom is 0.0357 e. The molecular weight excluding hydrogens is 186 g/mol. The third kappa shape index (κ3) is 2.24. The highest BCUT2D eigenvalue weighted by Crippen LogP contribution is 2.35. The van der Waals surface area contributed by atoms with Crippen molar-refractivity contribution in [1.82, 2.24) is 15.2 Å². The molecule has 0 aliphatic heterocycles. The van der Waals surface area contributed by atoms with Crippen molar-refractivity contribution in [3.63, 3.8) is 0 Å². The van der Waals surface area contributed by atoms with Crippen LogP contribution in [0.4, 0.5) is 0 Å². The number of nitrogens with zero attached hydrogens (tertiary/aromatic N) is 1. The van der Waals surface area contributed by atoms with Crippen LogP contribution in [-0.2, 0) is 6.54 Å². The minimum atomic E-state index is 0.423. The monoisotopic (exact) mass is 207 g/mol. The number of rotatable bonds is 5. The number of likely N-dealkylation sites (N-methyl/N-ethyl adjacent to an activating group) is 1. The molecule has 15 heavy (non-hydrogen) atoms. The molecule has 2 N–H and O–H groups in total. The van der Waals surface area contributed by atoms with E-state index in [-0.39, 0.29) is 0 Å². The van der Waals surface area contributed by atoms with Crippen LogP contribution >= 0.6 is 0 Å². The quantitative estimate of drug-likeness (QED) is 0.768. The fourth-order valence-electron chi connectivity index (χ4n) is 2.27. The average Bonchev–Trinajstić information content (AvgIpc) is 2.61. The topological polar surface area (TPSA) is 31.1 Å². The van der Waals surface area contributed by atoms with Crippen LogP contribution in [0, 0.1) is 0 Å². The molecule has 0 spiro atoms. The highest BCUT2D eigenvalue weighted by atomic mass is 15.2. The van der Waals surface area contributed by atoms with Gasteiger partial charge in [0.1, 0.15) is 0 Å². The SMILES string of the molecule is CN(C)C1(CNCc2ccc[nH]2)CCC1. The predicted molar refractivity (Wildman–Crippen MR) is 62.8 cm³/mol. The predicted octanol–water partition coefficient (Wildman–Crippen LogP) is 1.59. The summed E-state index contributed by atoms with van der Waals surface area (Å²) >= 11 is 0. The van der Waals surface area contributed by atoms with Crippen molar-refractivity contribution in [3.8, 4) is 0 Å². The smallest absolute Gasteiger partial charge is 0.0357 e. The Morgan fingerprint density at radius 3 is 2.73 bits per heavy atom. The summed E-state index contributed by atoms with van der Waals surface area (Å²) in [5, 5.41) is 3.54. The number of hydrogen-bond donors (Lipinski definition) is 2. The van der Waals surface area contributed by atoms with E-state index in [2.05, 4.69) is 35.4 Å². The summed E-state index contributed by atoms with van der Waals surface area (Å²) in [6, 6.07) is 4.16. The van der Waals surface area contributed by atoms with Gasteiger partial charge in [-0.15, -0.1) is 0 Å². The van der Waals surface area contributed by atoms with Crippen LogP contribution in [0.15, 0.2) is 18.3 Å². The summed E-state index contributed by atoms with van der Waals surface area (Å²) < 4.78 is 0. The standard InChI is InChI=1S/C12H21N3/c1-15(2)12(6-4-7-12)10-13-9-11-5-3-8-14-11/h3,5,8,13-14H,4,6-7,9-10H2,1-2H3. The molecule has 0 aromatic carbocycles. The van der Waals surface area contributed by atoms with Gasteiger partial charge in [-0.25, -0.2) is 0 Å². The van der Waals surface area contributed by atoms with Crippen LogP contribution in [0.5, 0.6) is 0 Å². The summed E-state index contributed by atoms with van der Waals surface area (Å²) in [5.74, 6) is 0. The Kier molecular flexibility index (Phi) is 3.12. The third-order valence-electron chi connectivity index (χ3n) is 3.66. The van der Waals surface area contributed by atoms with Crippen LogP contribution in [-0.4, -0.2) is 36.1 Å². The summed E-state index contributed by atoms with van der Waals surface area (Å²) in [6.45, 7) is 2.04. The van der Waals surface area contributed by atoms with Crippen LogP contribution in [0.1, 0.15) is 25.0 Å². The van der Waals surface area contributed by atoms with Crippen LogP contribution in [0.25, 0.3) is 0 Å². The van der Waals surface area contributed by atoms with Crippen molar-refractivity contribution in [1.29, 1.82) is 0 Å². The first-order chi connectivity index (χ1) is 7.23. The summed E-state index contributed by atoms with van der Waals surface area (Å²) in [6.07, 6.45) is 6.01. The lowest BCUT2D eigenvalue weighted by molar-refractivity contribution is 0.0597. The zero-order chi connectivity index (χ0) is 10.7. The molecule has 0 atom stereocenters. The van der Waals surface area contributed by atoms with Crippen LogP contribution in [0.3, 0.4) is 0 Å². The maximum atomic E-state index is 3.54. The molecule has 1 aliphatic carbocycles. The van der Waals surface area contributed by atoms with Gasteiger partial charge in [0.15, 0.2) is 0 Å². The van der Waals surface area contributed by atoms with Crippen LogP contribution in [0.2, 0.25) is 0 Å². The first kappa shape index (κ1) is 10.7. The van der Waals surface area contributed by atoms with Gasteiger partial charge < -0.3 is 15.2 Å². The Bertz CT molecular complexity index is 286. The Hall–Kier alpha value is -0.800. The second-order valence-electron chi connectivity index (χ2n) is 4.77. The molecule has 2 rings (SSSR count). The molecule has 0 saturated heterocycles. The molecule has 84 valence electrons. The van der Waals surface area contributed by atoms with Crippen molar-refractivity contribution >= 4 is 0 Å². The maximum absolute atomic E-state index is 3.54. The first-order valence-corrected chi connectivity index (χ1v) is 5.73. The number of hydrogen-bond acceptors (Lipinski definition) is 2. The zero-order valence-corrected chi connectivity index (χ0v) is 9.71. The second-order valence-corrected chi connectivity index (χ2v) is 4.77. The lowest BCUT2D eigenvalue weighted by Gasteiger charge is -2.47. The van der Waals surface area contributed by atoms with Gasteiger partial charge in [0.05, 0.1) is 0 Å². The van der Waals surface area contributed by atoms with Gasteiger partial charge in [-0.1, -0.05) is 0 Å². The van der Waals surface area contributed by atoms with Crippen molar-refractivity contribution in [2.45, 2.75) is 31.3 Å². The largest absolute Gasteiger partial charge is 0.364 e. The summed E-state index contributed by atoms with van der Waals surface area (Å²) in [5.41, 5.74) is 1.69. The van der Waals surface area contributed by atoms with Crippen molar-refractivity contribution < 1.29 is 0 Å². The van der Waals surface area contributed by atoms with Gasteiger partial charge >= 0.3 is 0 Å². The van der Waals surface area contributed by atoms with E-state index < -0.39 is 0 Å². The number of H-pyrrole nitrogens is 1. The molecule has 3 nitrogen and oxygen atoms in total. The minimum Gasteiger partial charge on any atom is -0.364 e. The van der Waals surface area contributed by atoms with Crippen molar-refractivity contribution in [3.05, 3.63) is 24.0 Å². The Balaban J connectivity index is 1.77. The first-order valence-electron chi connectivity index (χ1n) is 5.73. The fourth-order valence-corrected chi connectivity index (χ4v) is 2.27. The third-order valence-corrected chi connectivity index (χ3v) is 3.66. The molecular formula is C12H21N3. The van der Waals surface area contributed by atoms with Gasteiger partial charge in [0.2, 0.25) is 0 Å². The normalized spacial score (nSPS) is 19.1. The minimum absolute atomic E-state index is 0.423. The molecule has 0 unspecified atom stereocenters. The molecule has 1 aromatic rings. The fraction of sp³-hybridized carbons (Fsp3) is 0.667. The molecule has 1 heterocycles. The molecule has 1 saturated carbocycles. The highest BCUT2D eigenvalue weighted by molar-refractivity contribution is 5.04. The van der Waals surface area contributed by atoms with E-state index in [1.807, 2.05) is 12.3 Å². The van der Waals surface area contributed by atoms with Crippen LogP contribution < -0.4 is 5.32 Å². The van der Waals surface area contributed by atoms with Gasteiger partial charge in [-0.2, -0.15) is 0 Å². The second kappa shape index (κ2) is 4.37. The van der Waals surface area contributed by atoms with Gasteiger partial charge in [0, 0.05) is 30.5 Å². The molecule has 1 aromatic heterocycles. The van der Waals surface area contributed by atoms with E-state index in [1.165, 1.54) is 25.0 Å². The molecule has 1 fully saturated rings. The molecule has 0 radical (unpaired) electrons. The lowest BCUT2D eigenvalue weighted by Crippen LogP contribution is -2.56. The Morgan fingerprint density at radius 1 is 1.47 bits per heavy atom. The highest BCUT2D eigenvalue weighted by Gasteiger charge is 2.38. The summed E-state index contributed by atoms with van der Waals surface area (Å²) in [7, 11) is 4.38. The van der Waals surface area contributed by atoms with Crippen molar-refractivity contribution in [2.24, 2.45) is 0 Å². The number of aromatic nitrogens is 1. The summed E-state index contributed by atoms with van der Waals surface area (Å²) in [4.78, 5) is 5.59. The Morgan fingerprint density at radius 2 is 2.27 bits per heavy atom. The van der Waals surface area contributed by atoms with E-state index in [0.29, 0.717) is 5.54 Å². The van der Waals surface area contributed by atoms with Gasteiger partial charge in [0.25, 0.3) is 0 Å². The van der Waals surface area contributed by atoms with Crippen molar-refractivity contribution in [2.75, 3.05) is 20.6 Å². The van der Waals surface area contributed by atoms with E-state index in [1.54, 1.807) is 0 Å². The van der Waals surface area contributed by atoms with Gasteiger partial charge in [-0.3, -0.25) is 0 Å². The number of nitrogens with one attached hydrogen (secondary N) is 2. The number of aromatic amines is 1. The van der Waals surface area contributed by atoms with E-state index in [0.717, 1.165) is 13.1 Å². The molecule has 3 heteroatoms. The molecule has 1 aliphatic rings. The molecule has 0 bridgehead atoms. The average molecular weight is 207 g/mol. The Labute approximate surface area is 91.9 Å². The van der Waals surface area contributed by atoms with Gasteiger partial charge in [-0.05, 0) is 45.5 Å².